The summed E-state index contributed by atoms with van der Waals surface area (Å²) >= 11 is 0. The Kier molecular flexibility index (Phi) is 7.77. The van der Waals surface area contributed by atoms with Gasteiger partial charge in [0.25, 0.3) is 11.8 Å². The molecule has 8 nitrogen and oxygen atoms in total. The van der Waals surface area contributed by atoms with Gasteiger partial charge in [0.2, 0.25) is 0 Å². The molecule has 36 heavy (non-hydrogen) atoms. The van der Waals surface area contributed by atoms with Gasteiger partial charge >= 0.3 is 0 Å². The first kappa shape index (κ1) is 24.3. The van der Waals surface area contributed by atoms with E-state index < -0.39 is 11.8 Å². The highest BCUT2D eigenvalue weighted by Gasteiger charge is 2.08. The zero-order valence-corrected chi connectivity index (χ0v) is 19.9. The number of hydrogen-bond acceptors (Lipinski definition) is 6. The molecule has 0 saturated carbocycles. The van der Waals surface area contributed by atoms with Crippen molar-refractivity contribution in [2.75, 3.05) is 14.2 Å². The summed E-state index contributed by atoms with van der Waals surface area (Å²) in [6.07, 6.45) is 4.59. The van der Waals surface area contributed by atoms with Crippen molar-refractivity contribution in [1.82, 2.24) is 15.8 Å². The Hall–Kier alpha value is -4.85. The number of carbonyl (C=O) groups is 2. The Morgan fingerprint density at radius 1 is 0.889 bits per heavy atom. The number of hydrogen-bond donors (Lipinski definition) is 2. The van der Waals surface area contributed by atoms with E-state index in [9.17, 15) is 9.59 Å². The van der Waals surface area contributed by atoms with Gasteiger partial charge in [0.1, 0.15) is 29.4 Å². The van der Waals surface area contributed by atoms with Crippen molar-refractivity contribution in [1.29, 1.82) is 0 Å². The van der Waals surface area contributed by atoms with E-state index in [-0.39, 0.29) is 0 Å². The molecule has 1 heterocycles. The Labute approximate surface area is 208 Å². The second-order valence-electron chi connectivity index (χ2n) is 7.70. The van der Waals surface area contributed by atoms with Crippen LogP contribution in [0.5, 0.6) is 17.2 Å². The second-order valence-corrected chi connectivity index (χ2v) is 7.70. The minimum atomic E-state index is -0.498. The molecule has 0 atom stereocenters. The lowest BCUT2D eigenvalue weighted by Gasteiger charge is -2.10. The van der Waals surface area contributed by atoms with E-state index in [1.807, 2.05) is 30.3 Å². The first-order valence-corrected chi connectivity index (χ1v) is 11.1. The summed E-state index contributed by atoms with van der Waals surface area (Å²) in [5.74, 6) is 0.970. The number of rotatable bonds is 8. The number of hydrazine groups is 1. The third-order valence-corrected chi connectivity index (χ3v) is 5.36. The topological polar surface area (TPSA) is 98.8 Å². The third-order valence-electron chi connectivity index (χ3n) is 5.36. The fourth-order valence-electron chi connectivity index (χ4n) is 3.47. The summed E-state index contributed by atoms with van der Waals surface area (Å²) in [6.45, 7) is 0.326. The number of nitrogens with one attached hydrogen (secondary N) is 2. The Bertz CT molecular complexity index is 1390. The molecule has 0 radical (unpaired) electrons. The summed E-state index contributed by atoms with van der Waals surface area (Å²) in [5.41, 5.74) is 7.50. The Morgan fingerprint density at radius 3 is 2.47 bits per heavy atom. The van der Waals surface area contributed by atoms with Gasteiger partial charge in [0, 0.05) is 28.8 Å². The van der Waals surface area contributed by atoms with Gasteiger partial charge in [-0.3, -0.25) is 25.4 Å². The Balaban J connectivity index is 1.30. The highest BCUT2D eigenvalue weighted by molar-refractivity contribution is 5.98. The highest BCUT2D eigenvalue weighted by Crippen LogP contribution is 2.25. The molecule has 8 heteroatoms. The second kappa shape index (κ2) is 11.5. The molecule has 0 fully saturated rings. The van der Waals surface area contributed by atoms with Gasteiger partial charge in [0.05, 0.1) is 14.2 Å². The van der Waals surface area contributed by atoms with E-state index in [0.717, 1.165) is 16.5 Å². The average Bonchev–Trinajstić information content (AvgIpc) is 2.93. The normalized spacial score (nSPS) is 10.7. The molecule has 0 aliphatic carbocycles. The average molecular weight is 484 g/mol. The fourth-order valence-corrected chi connectivity index (χ4v) is 3.47. The van der Waals surface area contributed by atoms with Crippen LogP contribution in [0.4, 0.5) is 0 Å². The van der Waals surface area contributed by atoms with E-state index in [1.165, 1.54) is 13.2 Å². The van der Waals surface area contributed by atoms with Gasteiger partial charge in [-0.15, -0.1) is 0 Å². The number of amides is 2. The van der Waals surface area contributed by atoms with Crippen molar-refractivity contribution in [2.45, 2.75) is 6.61 Å². The van der Waals surface area contributed by atoms with Gasteiger partial charge in [-0.25, -0.2) is 0 Å². The lowest BCUT2D eigenvalue weighted by atomic mass is 10.1. The number of nitrogens with zero attached hydrogens (tertiary/aromatic N) is 1. The minimum Gasteiger partial charge on any atom is -0.497 e. The van der Waals surface area contributed by atoms with Gasteiger partial charge in [-0.1, -0.05) is 30.3 Å². The first-order valence-electron chi connectivity index (χ1n) is 11.1. The largest absolute Gasteiger partial charge is 0.497 e. The van der Waals surface area contributed by atoms with E-state index in [4.69, 9.17) is 14.2 Å². The van der Waals surface area contributed by atoms with Crippen LogP contribution in [0.1, 0.15) is 21.5 Å². The molecule has 4 aromatic rings. The lowest BCUT2D eigenvalue weighted by molar-refractivity contribution is -0.117. The number of methoxy groups -OCH3 is 2. The van der Waals surface area contributed by atoms with Crippen LogP contribution in [0.2, 0.25) is 0 Å². The molecule has 3 aromatic carbocycles. The van der Waals surface area contributed by atoms with Crippen LogP contribution in [0, 0.1) is 0 Å². The molecule has 0 aliphatic rings. The van der Waals surface area contributed by atoms with Crippen LogP contribution in [0.3, 0.4) is 0 Å². The fraction of sp³-hybridized carbons (Fsp3) is 0.107. The predicted octanol–water partition coefficient (Wildman–Crippen LogP) is 4.31. The van der Waals surface area contributed by atoms with Crippen molar-refractivity contribution in [2.24, 2.45) is 0 Å². The van der Waals surface area contributed by atoms with Crippen LogP contribution >= 0.6 is 0 Å². The maximum absolute atomic E-state index is 12.4. The molecule has 182 valence electrons. The molecular weight excluding hydrogens is 458 g/mol. The molecule has 2 amide bonds. The maximum Gasteiger partial charge on any atom is 0.269 e. The summed E-state index contributed by atoms with van der Waals surface area (Å²) in [4.78, 5) is 29.0. The number of ether oxygens (including phenoxy) is 3. The molecule has 0 bridgehead atoms. The monoisotopic (exact) mass is 483 g/mol. The number of aromatic nitrogens is 1. The standard InChI is InChI=1S/C28H25N3O5/c1-34-23-13-14-24(35-2)22(17-23)12-15-26(32)30-31-28(33)21-10-8-19(9-11-21)18-36-25-7-3-5-20-6-4-16-29-27(20)25/h3-17H,18H2,1-2H3,(H,30,32)(H,31,33). The van der Waals surface area contributed by atoms with Gasteiger partial charge in [0.15, 0.2) is 0 Å². The van der Waals surface area contributed by atoms with E-state index in [1.54, 1.807) is 61.8 Å². The zero-order valence-electron chi connectivity index (χ0n) is 19.9. The molecule has 0 spiro atoms. The van der Waals surface area contributed by atoms with Crippen LogP contribution in [0.15, 0.2) is 85.1 Å². The molecule has 0 saturated heterocycles. The van der Waals surface area contributed by atoms with E-state index in [2.05, 4.69) is 15.8 Å². The van der Waals surface area contributed by atoms with Gasteiger partial charge in [-0.2, -0.15) is 0 Å². The Morgan fingerprint density at radius 2 is 1.69 bits per heavy atom. The van der Waals surface area contributed by atoms with Crippen molar-refractivity contribution in [3.8, 4) is 17.2 Å². The SMILES string of the molecule is COc1ccc(OC)c(C=CC(=O)NNC(=O)c2ccc(COc3cccc4cccnc34)cc2)c1. The summed E-state index contributed by atoms with van der Waals surface area (Å²) in [6, 6.07) is 21.8. The number of fused-ring (bicyclic) bond motifs is 1. The van der Waals surface area contributed by atoms with Crippen molar-refractivity contribution in [3.05, 3.63) is 102 Å². The molecule has 0 unspecified atom stereocenters. The van der Waals surface area contributed by atoms with Crippen molar-refractivity contribution >= 4 is 28.8 Å². The summed E-state index contributed by atoms with van der Waals surface area (Å²) in [7, 11) is 3.09. The quantitative estimate of drug-likeness (QED) is 0.286. The van der Waals surface area contributed by atoms with E-state index >= 15 is 0 Å². The van der Waals surface area contributed by atoms with Crippen molar-refractivity contribution in [3.63, 3.8) is 0 Å². The van der Waals surface area contributed by atoms with Crippen LogP contribution in [0.25, 0.3) is 17.0 Å². The summed E-state index contributed by atoms with van der Waals surface area (Å²) < 4.78 is 16.4. The van der Waals surface area contributed by atoms with Crippen molar-refractivity contribution < 1.29 is 23.8 Å². The van der Waals surface area contributed by atoms with Crippen LogP contribution in [-0.2, 0) is 11.4 Å². The number of para-hydroxylation sites is 1. The maximum atomic E-state index is 12.4. The minimum absolute atomic E-state index is 0.326. The molecule has 0 aliphatic heterocycles. The molecule has 2 N–H and O–H groups in total. The number of carbonyl (C=O) groups excluding carboxylic acids is 2. The predicted molar refractivity (Wildman–Crippen MR) is 137 cm³/mol. The first-order chi connectivity index (χ1) is 17.6. The van der Waals surface area contributed by atoms with Gasteiger partial charge < -0.3 is 14.2 Å². The summed E-state index contributed by atoms with van der Waals surface area (Å²) in [5, 5.41) is 1.00. The number of pyridine rings is 1. The molecular formula is C28H25N3O5. The van der Waals surface area contributed by atoms with Crippen LogP contribution < -0.4 is 25.1 Å². The lowest BCUT2D eigenvalue weighted by Crippen LogP contribution is -2.40. The molecule has 1 aromatic heterocycles. The molecule has 4 rings (SSSR count). The zero-order chi connectivity index (χ0) is 25.3. The van der Waals surface area contributed by atoms with E-state index in [0.29, 0.717) is 35.0 Å². The third kappa shape index (κ3) is 5.98. The van der Waals surface area contributed by atoms with Crippen LogP contribution in [-0.4, -0.2) is 31.0 Å². The highest BCUT2D eigenvalue weighted by atomic mass is 16.5. The van der Waals surface area contributed by atoms with Gasteiger partial charge in [-0.05, 0) is 54.1 Å². The smallest absolute Gasteiger partial charge is 0.269 e. The number of benzene rings is 3.